The number of rotatable bonds is 5. The van der Waals surface area contributed by atoms with Crippen LogP contribution in [0.1, 0.15) is 22.3 Å². The van der Waals surface area contributed by atoms with Crippen molar-refractivity contribution in [2.75, 3.05) is 38.0 Å². The summed E-state index contributed by atoms with van der Waals surface area (Å²) in [6, 6.07) is 11.3. The lowest BCUT2D eigenvalue weighted by molar-refractivity contribution is -0.895. The number of quaternary nitrogens is 1. The van der Waals surface area contributed by atoms with Crippen molar-refractivity contribution in [3.8, 4) is 0 Å². The van der Waals surface area contributed by atoms with Crippen molar-refractivity contribution in [2.24, 2.45) is 0 Å². The second-order valence-electron chi connectivity index (χ2n) is 7.90. The lowest BCUT2D eigenvalue weighted by Gasteiger charge is -2.31. The van der Waals surface area contributed by atoms with E-state index in [0.29, 0.717) is 37.6 Å². The normalized spacial score (nSPS) is 16.0. The highest BCUT2D eigenvalue weighted by Gasteiger charge is 2.32. The molecule has 0 radical (unpaired) electrons. The van der Waals surface area contributed by atoms with Gasteiger partial charge in [0.05, 0.1) is 31.1 Å². The molecule has 1 saturated heterocycles. The van der Waals surface area contributed by atoms with Crippen LogP contribution in [0, 0.1) is 27.7 Å². The number of nitrogens with zero attached hydrogens (tertiary/aromatic N) is 1. The van der Waals surface area contributed by atoms with Crippen LogP contribution in [-0.2, 0) is 14.8 Å². The van der Waals surface area contributed by atoms with Gasteiger partial charge in [0.15, 0.2) is 6.54 Å². The zero-order chi connectivity index (χ0) is 21.2. The van der Waals surface area contributed by atoms with Gasteiger partial charge >= 0.3 is 0 Å². The van der Waals surface area contributed by atoms with Crippen LogP contribution in [0.15, 0.2) is 41.3 Å². The van der Waals surface area contributed by atoms with Crippen LogP contribution in [0.2, 0.25) is 0 Å². The van der Waals surface area contributed by atoms with Crippen LogP contribution in [0.3, 0.4) is 0 Å². The first-order chi connectivity index (χ1) is 13.7. The van der Waals surface area contributed by atoms with E-state index in [0.717, 1.165) is 32.8 Å². The molecular weight excluding hydrogens is 386 g/mol. The number of amides is 1. The third kappa shape index (κ3) is 4.86. The van der Waals surface area contributed by atoms with E-state index in [1.807, 2.05) is 58.0 Å². The lowest BCUT2D eigenvalue weighted by atomic mass is 10.1. The maximum Gasteiger partial charge on any atom is 0.279 e. The Morgan fingerprint density at radius 1 is 1.03 bits per heavy atom. The summed E-state index contributed by atoms with van der Waals surface area (Å²) in [6.07, 6.45) is 0. The molecule has 1 heterocycles. The number of sulfonamides is 1. The Balaban J connectivity index is 1.59. The first-order valence-electron chi connectivity index (χ1n) is 9.95. The molecule has 0 bridgehead atoms. The van der Waals surface area contributed by atoms with E-state index in [4.69, 9.17) is 0 Å². The van der Waals surface area contributed by atoms with Crippen LogP contribution in [-0.4, -0.2) is 51.4 Å². The quantitative estimate of drug-likeness (QED) is 0.775. The van der Waals surface area contributed by atoms with Gasteiger partial charge in [0.1, 0.15) is 0 Å². The van der Waals surface area contributed by atoms with E-state index in [-0.39, 0.29) is 5.91 Å². The largest absolute Gasteiger partial charge is 0.325 e. The molecule has 1 amide bonds. The molecule has 7 heteroatoms. The van der Waals surface area contributed by atoms with Crippen molar-refractivity contribution < 1.29 is 18.1 Å². The predicted octanol–water partition coefficient (Wildman–Crippen LogP) is 1.45. The Morgan fingerprint density at radius 2 is 1.72 bits per heavy atom. The monoisotopic (exact) mass is 416 g/mol. The minimum absolute atomic E-state index is 0.0422. The highest BCUT2D eigenvalue weighted by Crippen LogP contribution is 2.21. The Labute approximate surface area is 173 Å². The average molecular weight is 417 g/mol. The number of hydrogen-bond donors (Lipinski definition) is 2. The number of anilines is 1. The van der Waals surface area contributed by atoms with Crippen molar-refractivity contribution in [3.05, 3.63) is 58.7 Å². The van der Waals surface area contributed by atoms with E-state index in [1.54, 1.807) is 6.07 Å². The molecule has 2 aromatic rings. The van der Waals surface area contributed by atoms with Gasteiger partial charge < -0.3 is 10.2 Å². The fraction of sp³-hybridized carbons (Fsp3) is 0.409. The molecule has 0 saturated carbocycles. The number of hydrogen-bond acceptors (Lipinski definition) is 3. The third-order valence-electron chi connectivity index (χ3n) is 5.67. The number of aryl methyl sites for hydroxylation is 3. The molecule has 0 aromatic heterocycles. The molecule has 3 rings (SSSR count). The molecule has 0 atom stereocenters. The maximum atomic E-state index is 13.0. The maximum absolute atomic E-state index is 13.0. The van der Waals surface area contributed by atoms with Gasteiger partial charge in [-0.15, -0.1) is 0 Å². The average Bonchev–Trinajstić information content (AvgIpc) is 2.65. The Morgan fingerprint density at radius 3 is 2.38 bits per heavy atom. The summed E-state index contributed by atoms with van der Waals surface area (Å²) in [5, 5.41) is 2.99. The molecule has 0 unspecified atom stereocenters. The number of nitrogens with one attached hydrogen (secondary N) is 2. The highest BCUT2D eigenvalue weighted by atomic mass is 32.2. The van der Waals surface area contributed by atoms with Gasteiger partial charge in [-0.05, 0) is 56.5 Å². The molecule has 1 aliphatic heterocycles. The lowest BCUT2D eigenvalue weighted by Crippen LogP contribution is -3.15. The number of piperazine rings is 1. The zero-order valence-electron chi connectivity index (χ0n) is 17.6. The smallest absolute Gasteiger partial charge is 0.279 e. The second kappa shape index (κ2) is 8.65. The van der Waals surface area contributed by atoms with Crippen molar-refractivity contribution in [1.29, 1.82) is 0 Å². The Bertz CT molecular complexity index is 1010. The van der Waals surface area contributed by atoms with E-state index in [9.17, 15) is 13.2 Å². The summed E-state index contributed by atoms with van der Waals surface area (Å²) in [5.41, 5.74) is 4.87. The number of benzene rings is 2. The fourth-order valence-electron chi connectivity index (χ4n) is 3.76. The molecule has 29 heavy (non-hydrogen) atoms. The van der Waals surface area contributed by atoms with E-state index in [1.165, 1.54) is 4.31 Å². The van der Waals surface area contributed by atoms with E-state index < -0.39 is 10.0 Å². The van der Waals surface area contributed by atoms with Gasteiger partial charge in [0.2, 0.25) is 10.0 Å². The SMILES string of the molecule is Cc1ccc(S(=O)(=O)N2CC[NH+](CC(=O)Nc3cccc(C)c3C)CC2)c(C)c1. The predicted molar refractivity (Wildman–Crippen MR) is 115 cm³/mol. The van der Waals surface area contributed by atoms with Gasteiger partial charge in [-0.25, -0.2) is 8.42 Å². The molecule has 2 N–H and O–H groups in total. The van der Waals surface area contributed by atoms with Crippen LogP contribution in [0.5, 0.6) is 0 Å². The third-order valence-corrected chi connectivity index (χ3v) is 7.73. The molecular formula is C22H30N3O3S+. The summed E-state index contributed by atoms with van der Waals surface area (Å²) < 4.78 is 27.5. The van der Waals surface area contributed by atoms with Crippen LogP contribution in [0.25, 0.3) is 0 Å². The highest BCUT2D eigenvalue weighted by molar-refractivity contribution is 7.89. The van der Waals surface area contributed by atoms with E-state index in [2.05, 4.69) is 5.32 Å². The van der Waals surface area contributed by atoms with Gasteiger partial charge in [-0.2, -0.15) is 4.31 Å². The van der Waals surface area contributed by atoms with Gasteiger partial charge in [0.25, 0.3) is 5.91 Å². The standard InChI is InChI=1S/C22H29N3O3S/c1-16-8-9-21(18(3)14-16)29(27,28)25-12-10-24(11-13-25)15-22(26)23-20-7-5-6-17(2)19(20)4/h5-9,14H,10-13,15H2,1-4H3,(H,23,26)/p+1. The summed E-state index contributed by atoms with van der Waals surface area (Å²) in [6.45, 7) is 10.2. The van der Waals surface area contributed by atoms with Crippen LogP contribution >= 0.6 is 0 Å². The topological polar surface area (TPSA) is 70.9 Å². The van der Waals surface area contributed by atoms with Crippen LogP contribution < -0.4 is 10.2 Å². The number of carbonyl (C=O) groups excluding carboxylic acids is 1. The van der Waals surface area contributed by atoms with E-state index >= 15 is 0 Å². The molecule has 0 spiro atoms. The molecule has 1 aliphatic rings. The van der Waals surface area contributed by atoms with Crippen molar-refractivity contribution in [2.45, 2.75) is 32.6 Å². The molecule has 0 aliphatic carbocycles. The summed E-state index contributed by atoms with van der Waals surface area (Å²) in [4.78, 5) is 13.9. The molecule has 156 valence electrons. The van der Waals surface area contributed by atoms with Crippen molar-refractivity contribution in [3.63, 3.8) is 0 Å². The summed E-state index contributed by atoms with van der Waals surface area (Å²) in [7, 11) is -3.50. The van der Waals surface area contributed by atoms with Gasteiger partial charge in [-0.3, -0.25) is 4.79 Å². The number of carbonyl (C=O) groups is 1. The Kier molecular flexibility index (Phi) is 6.41. The van der Waals surface area contributed by atoms with Gasteiger partial charge in [0, 0.05) is 5.69 Å². The Hall–Kier alpha value is -2.22. The molecule has 1 fully saturated rings. The minimum Gasteiger partial charge on any atom is -0.325 e. The van der Waals surface area contributed by atoms with Crippen molar-refractivity contribution in [1.82, 2.24) is 4.31 Å². The first-order valence-corrected chi connectivity index (χ1v) is 11.4. The fourth-order valence-corrected chi connectivity index (χ4v) is 5.40. The zero-order valence-corrected chi connectivity index (χ0v) is 18.4. The first kappa shape index (κ1) is 21.5. The second-order valence-corrected chi connectivity index (χ2v) is 9.80. The van der Waals surface area contributed by atoms with Gasteiger partial charge in [-0.1, -0.05) is 29.8 Å². The molecule has 6 nitrogen and oxygen atoms in total. The van der Waals surface area contributed by atoms with Crippen LogP contribution in [0.4, 0.5) is 5.69 Å². The van der Waals surface area contributed by atoms with Crippen molar-refractivity contribution >= 4 is 21.6 Å². The molecule has 2 aromatic carbocycles. The summed E-state index contributed by atoms with van der Waals surface area (Å²) >= 11 is 0. The summed E-state index contributed by atoms with van der Waals surface area (Å²) in [5.74, 6) is -0.0422. The minimum atomic E-state index is -3.50.